The number of amides is 1. The van der Waals surface area contributed by atoms with E-state index in [0.29, 0.717) is 28.0 Å². The van der Waals surface area contributed by atoms with Gasteiger partial charge in [0.1, 0.15) is 11.8 Å². The Morgan fingerprint density at radius 2 is 1.57 bits per heavy atom. The van der Waals surface area contributed by atoms with E-state index in [1.54, 1.807) is 25.2 Å². The normalized spacial score (nSPS) is 18.0. The first-order valence-corrected chi connectivity index (χ1v) is 9.94. The first kappa shape index (κ1) is 20.1. The highest BCUT2D eigenvalue weighted by molar-refractivity contribution is 6.34. The van der Waals surface area contributed by atoms with Crippen molar-refractivity contribution in [3.63, 3.8) is 0 Å². The zero-order chi connectivity index (χ0) is 21.3. The van der Waals surface area contributed by atoms with Crippen molar-refractivity contribution in [1.29, 1.82) is 0 Å². The minimum absolute atomic E-state index is 0.147. The second-order valence-corrected chi connectivity index (χ2v) is 7.43. The molecule has 0 unspecified atom stereocenters. The molecule has 6 heteroatoms. The number of hydrogen-bond acceptors (Lipinski definition) is 4. The number of rotatable bonds is 6. The van der Waals surface area contributed by atoms with E-state index >= 15 is 0 Å². The van der Waals surface area contributed by atoms with Gasteiger partial charge in [-0.2, -0.15) is 0 Å². The number of halogens is 1. The van der Waals surface area contributed by atoms with Crippen LogP contribution >= 0.6 is 11.6 Å². The predicted molar refractivity (Wildman–Crippen MR) is 117 cm³/mol. The largest absolute Gasteiger partial charge is 0.493 e. The Morgan fingerprint density at radius 1 is 0.867 bits per heavy atom. The van der Waals surface area contributed by atoms with Crippen LogP contribution in [0.15, 0.2) is 66.7 Å². The molecule has 3 aromatic carbocycles. The summed E-state index contributed by atoms with van der Waals surface area (Å²) in [5, 5.41) is 0.505. The molecule has 0 N–H and O–H groups in total. The summed E-state index contributed by atoms with van der Waals surface area (Å²) in [6.45, 7) is 1.95. The average Bonchev–Trinajstić information content (AvgIpc) is 2.77. The van der Waals surface area contributed by atoms with Crippen LogP contribution < -0.4 is 19.1 Å². The van der Waals surface area contributed by atoms with Crippen LogP contribution in [0.4, 0.5) is 5.69 Å². The van der Waals surface area contributed by atoms with E-state index in [9.17, 15) is 4.79 Å². The lowest BCUT2D eigenvalue weighted by molar-refractivity contribution is -0.135. The molecule has 154 valence electrons. The third-order valence-corrected chi connectivity index (χ3v) is 5.57. The number of β-lactam (4-membered cyclic amide) rings is 1. The van der Waals surface area contributed by atoms with Gasteiger partial charge in [-0.3, -0.25) is 9.69 Å². The van der Waals surface area contributed by atoms with E-state index in [1.165, 1.54) is 0 Å². The molecule has 0 spiro atoms. The lowest BCUT2D eigenvalue weighted by Gasteiger charge is -2.47. The maximum atomic E-state index is 13.2. The molecule has 1 saturated heterocycles. The summed E-state index contributed by atoms with van der Waals surface area (Å²) in [6.07, 6.45) is -0.680. The lowest BCUT2D eigenvalue weighted by Crippen LogP contribution is -2.61. The van der Waals surface area contributed by atoms with Gasteiger partial charge in [0.15, 0.2) is 11.5 Å². The van der Waals surface area contributed by atoms with Gasteiger partial charge in [-0.05, 0) is 48.4 Å². The number of benzene rings is 3. The average molecular weight is 424 g/mol. The number of carbonyl (C=O) groups is 1. The van der Waals surface area contributed by atoms with Crippen LogP contribution in [-0.4, -0.2) is 26.2 Å². The molecule has 5 nitrogen and oxygen atoms in total. The molecule has 0 bridgehead atoms. The monoisotopic (exact) mass is 423 g/mol. The van der Waals surface area contributed by atoms with Crippen molar-refractivity contribution in [2.45, 2.75) is 19.1 Å². The summed E-state index contributed by atoms with van der Waals surface area (Å²) in [6, 6.07) is 20.2. The fraction of sp³-hybridized carbons (Fsp3) is 0.208. The molecular formula is C24H22ClNO4. The van der Waals surface area contributed by atoms with Gasteiger partial charge in [0.25, 0.3) is 5.91 Å². The van der Waals surface area contributed by atoms with E-state index in [0.717, 1.165) is 11.1 Å². The summed E-state index contributed by atoms with van der Waals surface area (Å²) < 4.78 is 17.0. The van der Waals surface area contributed by atoms with Crippen molar-refractivity contribution >= 4 is 23.2 Å². The smallest absolute Gasteiger partial charge is 0.271 e. The molecular weight excluding hydrogens is 402 g/mol. The fourth-order valence-electron chi connectivity index (χ4n) is 3.68. The van der Waals surface area contributed by atoms with Crippen LogP contribution in [0, 0.1) is 6.92 Å². The number of hydrogen-bond donors (Lipinski definition) is 0. The number of aryl methyl sites for hydroxylation is 1. The van der Waals surface area contributed by atoms with Crippen molar-refractivity contribution in [3.8, 4) is 17.2 Å². The summed E-state index contributed by atoms with van der Waals surface area (Å²) in [5.74, 6) is 1.74. The fourth-order valence-corrected chi connectivity index (χ4v) is 3.91. The molecule has 1 aliphatic rings. The Bertz CT molecular complexity index is 1080. The van der Waals surface area contributed by atoms with Crippen LogP contribution in [0.3, 0.4) is 0 Å². The van der Waals surface area contributed by atoms with Gasteiger partial charge in [0.05, 0.1) is 24.9 Å². The second-order valence-electron chi connectivity index (χ2n) is 7.02. The second kappa shape index (κ2) is 8.28. The summed E-state index contributed by atoms with van der Waals surface area (Å²) in [5.41, 5.74) is 2.48. The molecule has 0 aromatic heterocycles. The highest BCUT2D eigenvalue weighted by Crippen LogP contribution is 2.45. The van der Waals surface area contributed by atoms with Gasteiger partial charge >= 0.3 is 0 Å². The molecule has 30 heavy (non-hydrogen) atoms. The SMILES string of the molecule is COc1ccc([C@H]2[C@H](Oc3ccccc3C)C(=O)N2c2ccccc2Cl)cc1OC. The number of ether oxygens (including phenoxy) is 3. The minimum atomic E-state index is -0.680. The molecule has 1 fully saturated rings. The third-order valence-electron chi connectivity index (χ3n) is 5.25. The summed E-state index contributed by atoms with van der Waals surface area (Å²) in [4.78, 5) is 14.9. The third kappa shape index (κ3) is 3.46. The zero-order valence-corrected chi connectivity index (χ0v) is 17.7. The van der Waals surface area contributed by atoms with Crippen LogP contribution in [0.1, 0.15) is 17.2 Å². The molecule has 0 saturated carbocycles. The van der Waals surface area contributed by atoms with Crippen LogP contribution in [0.25, 0.3) is 0 Å². The van der Waals surface area contributed by atoms with E-state index < -0.39 is 6.10 Å². The van der Waals surface area contributed by atoms with E-state index in [-0.39, 0.29) is 11.9 Å². The number of anilines is 1. The number of nitrogens with zero attached hydrogens (tertiary/aromatic N) is 1. The van der Waals surface area contributed by atoms with Crippen molar-refractivity contribution < 1.29 is 19.0 Å². The van der Waals surface area contributed by atoms with Gasteiger partial charge in [-0.15, -0.1) is 0 Å². The first-order valence-electron chi connectivity index (χ1n) is 9.57. The van der Waals surface area contributed by atoms with Gasteiger partial charge < -0.3 is 14.2 Å². The van der Waals surface area contributed by atoms with Crippen molar-refractivity contribution in [1.82, 2.24) is 0 Å². The van der Waals surface area contributed by atoms with E-state index in [2.05, 4.69) is 0 Å². The molecule has 0 aliphatic carbocycles. The van der Waals surface area contributed by atoms with Crippen LogP contribution in [-0.2, 0) is 4.79 Å². The zero-order valence-electron chi connectivity index (χ0n) is 17.0. The molecule has 0 radical (unpaired) electrons. The first-order chi connectivity index (χ1) is 14.5. The van der Waals surface area contributed by atoms with E-state index in [4.69, 9.17) is 25.8 Å². The molecule has 3 aromatic rings. The van der Waals surface area contributed by atoms with Gasteiger partial charge in [-0.25, -0.2) is 0 Å². The summed E-state index contributed by atoms with van der Waals surface area (Å²) in [7, 11) is 3.17. The van der Waals surface area contributed by atoms with Crippen molar-refractivity contribution in [2.24, 2.45) is 0 Å². The highest BCUT2D eigenvalue weighted by Gasteiger charge is 2.51. The molecule has 2 atom stereocenters. The van der Waals surface area contributed by atoms with Crippen LogP contribution in [0.5, 0.6) is 17.2 Å². The Balaban J connectivity index is 1.76. The minimum Gasteiger partial charge on any atom is -0.493 e. The van der Waals surface area contributed by atoms with Crippen molar-refractivity contribution in [3.05, 3.63) is 82.9 Å². The molecule has 1 amide bonds. The number of para-hydroxylation sites is 2. The quantitative estimate of drug-likeness (QED) is 0.511. The van der Waals surface area contributed by atoms with E-state index in [1.807, 2.05) is 67.6 Å². The maximum absolute atomic E-state index is 13.2. The molecule has 4 rings (SSSR count). The Kier molecular flexibility index (Phi) is 5.55. The summed E-state index contributed by atoms with van der Waals surface area (Å²) >= 11 is 6.41. The maximum Gasteiger partial charge on any atom is 0.271 e. The standard InChI is InChI=1S/C24H22ClNO4/c1-15-8-4-7-11-19(15)30-23-22(16-12-13-20(28-2)21(14-16)29-3)26(24(23)27)18-10-6-5-9-17(18)25/h4-14,22-23H,1-3H3/t22-,23-/m0/s1. The lowest BCUT2D eigenvalue weighted by atomic mass is 9.89. The topological polar surface area (TPSA) is 48.0 Å². The highest BCUT2D eigenvalue weighted by atomic mass is 35.5. The predicted octanol–water partition coefficient (Wildman–Crippen LogP) is 5.20. The van der Waals surface area contributed by atoms with Gasteiger partial charge in [-0.1, -0.05) is 48.0 Å². The number of carbonyl (C=O) groups excluding carboxylic acids is 1. The molecule has 1 heterocycles. The van der Waals surface area contributed by atoms with Gasteiger partial charge in [0.2, 0.25) is 6.10 Å². The Labute approximate surface area is 180 Å². The van der Waals surface area contributed by atoms with Crippen molar-refractivity contribution in [2.75, 3.05) is 19.1 Å². The van der Waals surface area contributed by atoms with Crippen LogP contribution in [0.2, 0.25) is 5.02 Å². The Hall–Kier alpha value is -3.18. The van der Waals surface area contributed by atoms with Gasteiger partial charge in [0, 0.05) is 0 Å². The Morgan fingerprint density at radius 3 is 2.27 bits per heavy atom. The molecule has 1 aliphatic heterocycles. The number of methoxy groups -OCH3 is 2.